The van der Waals surface area contributed by atoms with Crippen LogP contribution in [0.4, 0.5) is 0 Å². The molecule has 1 aliphatic rings. The molecule has 1 N–H and O–H groups in total. The van der Waals surface area contributed by atoms with Gasteiger partial charge in [0.25, 0.3) is 5.91 Å². The van der Waals surface area contributed by atoms with E-state index in [1.54, 1.807) is 12.2 Å². The fraction of sp³-hybridized carbons (Fsp3) is 0.556. The van der Waals surface area contributed by atoms with E-state index in [1.165, 1.54) is 7.11 Å². The Morgan fingerprint density at radius 1 is 1.24 bits per heavy atom. The van der Waals surface area contributed by atoms with Crippen LogP contribution in [0.1, 0.15) is 29.5 Å². The molecule has 7 nitrogen and oxygen atoms in total. The molecule has 0 radical (unpaired) electrons. The molecule has 1 saturated heterocycles. The van der Waals surface area contributed by atoms with E-state index in [0.717, 1.165) is 16.7 Å². The average Bonchev–Trinajstić information content (AvgIpc) is 2.63. The summed E-state index contributed by atoms with van der Waals surface area (Å²) in [7, 11) is 2.81. The number of carbonyl (C=O) groups excluding carboxylic acids is 2. The minimum Gasteiger partial charge on any atom is -0.467 e. The van der Waals surface area contributed by atoms with Gasteiger partial charge in [-0.05, 0) is 37.8 Å². The van der Waals surface area contributed by atoms with Crippen LogP contribution in [0, 0.1) is 13.8 Å². The van der Waals surface area contributed by atoms with Gasteiger partial charge in [-0.25, -0.2) is 9.86 Å². The predicted molar refractivity (Wildman–Crippen MR) is 90.8 cm³/mol. The van der Waals surface area contributed by atoms with Crippen LogP contribution in [0.3, 0.4) is 0 Å². The standard InChI is InChI=1S/C18H26N2O5/c1-13-5-6-14(2)15(11-13)12-16(21)20(23)18(17(22)24-3)7-9-19(25-4)10-8-18/h5-6,11,23H,7-10,12H2,1-4H3. The quantitative estimate of drug-likeness (QED) is 0.494. The summed E-state index contributed by atoms with van der Waals surface area (Å²) in [6, 6.07) is 5.82. The van der Waals surface area contributed by atoms with Crippen molar-refractivity contribution in [2.75, 3.05) is 27.3 Å². The van der Waals surface area contributed by atoms with Crippen molar-refractivity contribution >= 4 is 11.9 Å². The third-order valence-electron chi connectivity index (χ3n) is 4.86. The summed E-state index contributed by atoms with van der Waals surface area (Å²) in [5.41, 5.74) is 1.46. The van der Waals surface area contributed by atoms with Gasteiger partial charge >= 0.3 is 5.97 Å². The number of amides is 1. The Morgan fingerprint density at radius 3 is 2.44 bits per heavy atom. The lowest BCUT2D eigenvalue weighted by Crippen LogP contribution is -2.61. The average molecular weight is 350 g/mol. The van der Waals surface area contributed by atoms with Crippen molar-refractivity contribution in [1.82, 2.24) is 10.1 Å². The van der Waals surface area contributed by atoms with E-state index in [1.807, 2.05) is 32.0 Å². The van der Waals surface area contributed by atoms with Crippen LogP contribution in [0.25, 0.3) is 0 Å². The van der Waals surface area contributed by atoms with Gasteiger partial charge in [0.05, 0.1) is 20.6 Å². The first kappa shape index (κ1) is 19.4. The van der Waals surface area contributed by atoms with Crippen LogP contribution in [-0.4, -0.2) is 60.1 Å². The number of hydrogen-bond donors (Lipinski definition) is 1. The largest absolute Gasteiger partial charge is 0.467 e. The SMILES string of the molecule is COC(=O)C1(N(O)C(=O)Cc2cc(C)ccc2C)CCN(OC)CC1. The topological polar surface area (TPSA) is 79.3 Å². The lowest BCUT2D eigenvalue weighted by Gasteiger charge is -2.42. The number of piperidine rings is 1. The number of hydroxylamine groups is 4. The first-order chi connectivity index (χ1) is 11.8. The summed E-state index contributed by atoms with van der Waals surface area (Å²) in [5, 5.41) is 12.9. The highest BCUT2D eigenvalue weighted by molar-refractivity contribution is 5.88. The summed E-state index contributed by atoms with van der Waals surface area (Å²) in [4.78, 5) is 30.2. The second-order valence-electron chi connectivity index (χ2n) is 6.45. The van der Waals surface area contributed by atoms with Gasteiger partial charge in [0.2, 0.25) is 0 Å². The van der Waals surface area contributed by atoms with Gasteiger partial charge in [0.15, 0.2) is 5.54 Å². The summed E-state index contributed by atoms with van der Waals surface area (Å²) in [6.45, 7) is 4.69. The number of nitrogens with zero attached hydrogens (tertiary/aromatic N) is 2. The van der Waals surface area contributed by atoms with E-state index < -0.39 is 17.4 Å². The second kappa shape index (κ2) is 7.95. The molecule has 1 aromatic rings. The van der Waals surface area contributed by atoms with Crippen molar-refractivity contribution in [2.24, 2.45) is 0 Å². The van der Waals surface area contributed by atoms with Gasteiger partial charge in [-0.15, -0.1) is 0 Å². The van der Waals surface area contributed by atoms with E-state index in [-0.39, 0.29) is 19.3 Å². The van der Waals surface area contributed by atoms with E-state index >= 15 is 0 Å². The Balaban J connectivity index is 2.21. The lowest BCUT2D eigenvalue weighted by molar-refractivity contribution is -0.228. The molecule has 0 aromatic heterocycles. The maximum absolute atomic E-state index is 12.7. The van der Waals surface area contributed by atoms with Gasteiger partial charge in [0.1, 0.15) is 0 Å². The Labute approximate surface area is 148 Å². The molecular weight excluding hydrogens is 324 g/mol. The molecule has 1 aliphatic heterocycles. The molecular formula is C18H26N2O5. The van der Waals surface area contributed by atoms with Gasteiger partial charge < -0.3 is 9.57 Å². The number of benzene rings is 1. The molecule has 2 rings (SSSR count). The molecule has 7 heteroatoms. The molecule has 1 fully saturated rings. The molecule has 0 saturated carbocycles. The molecule has 1 aromatic carbocycles. The molecule has 0 spiro atoms. The summed E-state index contributed by atoms with van der Waals surface area (Å²) in [5.74, 6) is -1.13. The van der Waals surface area contributed by atoms with Crippen molar-refractivity contribution in [3.8, 4) is 0 Å². The summed E-state index contributed by atoms with van der Waals surface area (Å²) < 4.78 is 4.87. The van der Waals surface area contributed by atoms with Crippen LogP contribution < -0.4 is 0 Å². The summed E-state index contributed by atoms with van der Waals surface area (Å²) in [6.07, 6.45) is 0.502. The first-order valence-corrected chi connectivity index (χ1v) is 8.29. The first-order valence-electron chi connectivity index (χ1n) is 8.29. The zero-order chi connectivity index (χ0) is 18.6. The number of carbonyl (C=O) groups is 2. The van der Waals surface area contributed by atoms with Crippen LogP contribution >= 0.6 is 0 Å². The highest BCUT2D eigenvalue weighted by Crippen LogP contribution is 2.30. The van der Waals surface area contributed by atoms with Gasteiger partial charge in [-0.2, -0.15) is 5.06 Å². The van der Waals surface area contributed by atoms with E-state index in [2.05, 4.69) is 0 Å². The van der Waals surface area contributed by atoms with Crippen molar-refractivity contribution in [3.05, 3.63) is 34.9 Å². The minimum atomic E-state index is -1.38. The fourth-order valence-corrected chi connectivity index (χ4v) is 3.20. The number of aryl methyl sites for hydroxylation is 2. The molecule has 25 heavy (non-hydrogen) atoms. The van der Waals surface area contributed by atoms with E-state index in [0.29, 0.717) is 18.2 Å². The Morgan fingerprint density at radius 2 is 1.88 bits per heavy atom. The number of esters is 1. The van der Waals surface area contributed by atoms with Crippen LogP contribution in [-0.2, 0) is 25.6 Å². The van der Waals surface area contributed by atoms with Crippen molar-refractivity contribution < 1.29 is 24.4 Å². The molecule has 0 bridgehead atoms. The predicted octanol–water partition coefficient (Wildman–Crippen LogP) is 1.63. The molecule has 0 unspecified atom stereocenters. The molecule has 1 amide bonds. The van der Waals surface area contributed by atoms with Crippen LogP contribution in [0.5, 0.6) is 0 Å². The monoisotopic (exact) mass is 350 g/mol. The van der Waals surface area contributed by atoms with Gasteiger partial charge in [0, 0.05) is 13.1 Å². The Hall–Kier alpha value is -1.96. The summed E-state index contributed by atoms with van der Waals surface area (Å²) >= 11 is 0. The highest BCUT2D eigenvalue weighted by atomic mass is 16.7. The normalized spacial score (nSPS) is 17.2. The minimum absolute atomic E-state index is 0.0246. The zero-order valence-electron chi connectivity index (χ0n) is 15.2. The van der Waals surface area contributed by atoms with Crippen molar-refractivity contribution in [2.45, 2.75) is 38.6 Å². The van der Waals surface area contributed by atoms with E-state index in [9.17, 15) is 14.8 Å². The van der Waals surface area contributed by atoms with Gasteiger partial charge in [-0.3, -0.25) is 10.0 Å². The zero-order valence-corrected chi connectivity index (χ0v) is 15.2. The highest BCUT2D eigenvalue weighted by Gasteiger charge is 2.49. The number of ether oxygens (including phenoxy) is 1. The van der Waals surface area contributed by atoms with E-state index in [4.69, 9.17) is 9.57 Å². The Bertz CT molecular complexity index is 638. The third kappa shape index (κ3) is 4.00. The molecule has 138 valence electrons. The van der Waals surface area contributed by atoms with Crippen LogP contribution in [0.15, 0.2) is 18.2 Å². The Kier molecular flexibility index (Phi) is 6.16. The maximum Gasteiger partial charge on any atom is 0.334 e. The molecule has 1 heterocycles. The lowest BCUT2D eigenvalue weighted by atomic mass is 9.87. The third-order valence-corrected chi connectivity index (χ3v) is 4.86. The molecule has 0 atom stereocenters. The van der Waals surface area contributed by atoms with Crippen molar-refractivity contribution in [1.29, 1.82) is 0 Å². The van der Waals surface area contributed by atoms with Gasteiger partial charge in [-0.1, -0.05) is 23.8 Å². The smallest absolute Gasteiger partial charge is 0.334 e. The number of rotatable bonds is 5. The maximum atomic E-state index is 12.7. The number of methoxy groups -OCH3 is 1. The fourth-order valence-electron chi connectivity index (χ4n) is 3.20. The number of hydrogen-bond acceptors (Lipinski definition) is 6. The molecule has 0 aliphatic carbocycles. The van der Waals surface area contributed by atoms with Crippen molar-refractivity contribution in [3.63, 3.8) is 0 Å². The van der Waals surface area contributed by atoms with Crippen LogP contribution in [0.2, 0.25) is 0 Å². The second-order valence-corrected chi connectivity index (χ2v) is 6.45.